The van der Waals surface area contributed by atoms with Gasteiger partial charge < -0.3 is 19.9 Å². The van der Waals surface area contributed by atoms with Crippen LogP contribution in [0.4, 0.5) is 11.6 Å². The van der Waals surface area contributed by atoms with Crippen molar-refractivity contribution in [2.45, 2.75) is 45.6 Å². The van der Waals surface area contributed by atoms with Crippen LogP contribution < -0.4 is 21.4 Å². The second-order valence-electron chi connectivity index (χ2n) is 9.59. The van der Waals surface area contributed by atoms with E-state index in [1.165, 1.54) is 9.13 Å². The van der Waals surface area contributed by atoms with Crippen molar-refractivity contribution in [3.05, 3.63) is 105 Å². The van der Waals surface area contributed by atoms with E-state index in [0.717, 1.165) is 11.1 Å². The minimum Gasteiger partial charge on any atom is -0.439 e. The zero-order valence-electron chi connectivity index (χ0n) is 21.9. The minimum absolute atomic E-state index is 0.128. The van der Waals surface area contributed by atoms with Gasteiger partial charge >= 0.3 is 11.4 Å². The summed E-state index contributed by atoms with van der Waals surface area (Å²) < 4.78 is 13.7. The third-order valence-electron chi connectivity index (χ3n) is 6.79. The Morgan fingerprint density at radius 2 is 1.79 bits per heavy atom. The topological polar surface area (TPSA) is 120 Å². The monoisotopic (exact) mass is 529 g/mol. The Balaban J connectivity index is 1.42. The summed E-state index contributed by atoms with van der Waals surface area (Å²) in [4.78, 5) is 35.2. The smallest absolute Gasteiger partial charge is 0.355 e. The zero-order valence-corrected chi connectivity index (χ0v) is 21.9. The van der Waals surface area contributed by atoms with Crippen molar-refractivity contribution in [2.75, 3.05) is 11.9 Å². The molecule has 2 heterocycles. The van der Waals surface area contributed by atoms with E-state index >= 15 is 0 Å². The lowest BCUT2D eigenvalue weighted by Crippen LogP contribution is -2.49. The predicted octanol–water partition coefficient (Wildman–Crippen LogP) is 4.00. The highest BCUT2D eigenvalue weighted by Gasteiger charge is 2.38. The first-order valence-corrected chi connectivity index (χ1v) is 13.0. The summed E-state index contributed by atoms with van der Waals surface area (Å²) >= 11 is 0. The molecule has 10 nitrogen and oxygen atoms in total. The molecule has 5 rings (SSSR count). The highest BCUT2D eigenvalue weighted by atomic mass is 16.6. The van der Waals surface area contributed by atoms with Crippen LogP contribution in [0.2, 0.25) is 0 Å². The Labute approximate surface area is 225 Å². The van der Waals surface area contributed by atoms with Crippen molar-refractivity contribution in [1.82, 2.24) is 19.1 Å². The molecule has 1 atom stereocenters. The van der Waals surface area contributed by atoms with Gasteiger partial charge in [-0.25, -0.2) is 19.1 Å². The van der Waals surface area contributed by atoms with Crippen molar-refractivity contribution in [1.29, 1.82) is 0 Å². The lowest BCUT2D eigenvalue weighted by molar-refractivity contribution is -0.156. The molecule has 0 saturated heterocycles. The predicted molar refractivity (Wildman–Crippen MR) is 146 cm³/mol. The van der Waals surface area contributed by atoms with E-state index in [1.807, 2.05) is 50.2 Å². The maximum atomic E-state index is 13.7. The summed E-state index contributed by atoms with van der Waals surface area (Å²) in [7, 11) is 0. The molecule has 10 heteroatoms. The van der Waals surface area contributed by atoms with Gasteiger partial charge in [-0.05, 0) is 62.6 Å². The third kappa shape index (κ3) is 6.08. The van der Waals surface area contributed by atoms with Gasteiger partial charge in [-0.3, -0.25) is 4.57 Å². The standard InChI is InChI=1S/C29H31N5O5/c1-3-38-26(35)21-16-23(17-21)34-28(36)32-27(33(29(34)37)18-20-9-7-19(2)8-10-20)31-22-11-13-24(14-12-22)39-25-6-4-5-15-30-25/h4-15,21,23,26,35H,3,16-18H2,1-2H3,(H,31,32,36)/t21?,23?,26-/m1/s1. The van der Waals surface area contributed by atoms with Crippen LogP contribution in [0.25, 0.3) is 0 Å². The Morgan fingerprint density at radius 3 is 2.46 bits per heavy atom. The van der Waals surface area contributed by atoms with Gasteiger partial charge in [0.25, 0.3) is 0 Å². The lowest BCUT2D eigenvalue weighted by atomic mass is 9.79. The minimum atomic E-state index is -0.907. The molecular weight excluding hydrogens is 498 g/mol. The van der Waals surface area contributed by atoms with Crippen LogP contribution in [0.3, 0.4) is 0 Å². The van der Waals surface area contributed by atoms with Crippen molar-refractivity contribution in [2.24, 2.45) is 5.92 Å². The second kappa shape index (κ2) is 11.6. The average Bonchev–Trinajstić information content (AvgIpc) is 2.90. The molecule has 4 aromatic rings. The number of ether oxygens (including phenoxy) is 2. The summed E-state index contributed by atoms with van der Waals surface area (Å²) in [6, 6.07) is 20.0. The van der Waals surface area contributed by atoms with Crippen LogP contribution in [-0.4, -0.2) is 37.1 Å². The third-order valence-corrected chi connectivity index (χ3v) is 6.79. The van der Waals surface area contributed by atoms with Gasteiger partial charge in [0.05, 0.1) is 6.54 Å². The molecule has 2 aromatic carbocycles. The average molecular weight is 530 g/mol. The molecule has 2 aromatic heterocycles. The summed E-state index contributed by atoms with van der Waals surface area (Å²) in [6.45, 7) is 4.43. The fraction of sp³-hybridized carbons (Fsp3) is 0.310. The maximum absolute atomic E-state index is 13.7. The Kier molecular flexibility index (Phi) is 7.85. The van der Waals surface area contributed by atoms with Crippen molar-refractivity contribution in [3.8, 4) is 11.6 Å². The van der Waals surface area contributed by atoms with Gasteiger partial charge in [0, 0.05) is 36.5 Å². The van der Waals surface area contributed by atoms with Crippen LogP contribution in [-0.2, 0) is 11.3 Å². The first-order chi connectivity index (χ1) is 18.9. The van der Waals surface area contributed by atoms with E-state index < -0.39 is 17.7 Å². The number of hydrogen-bond donors (Lipinski definition) is 2. The van der Waals surface area contributed by atoms with Gasteiger partial charge in [-0.1, -0.05) is 35.9 Å². The second-order valence-corrected chi connectivity index (χ2v) is 9.59. The number of hydrogen-bond acceptors (Lipinski definition) is 8. The molecule has 202 valence electrons. The molecule has 1 aliphatic carbocycles. The highest BCUT2D eigenvalue weighted by molar-refractivity contribution is 5.55. The summed E-state index contributed by atoms with van der Waals surface area (Å²) in [5.74, 6) is 1.08. The number of rotatable bonds is 10. The largest absolute Gasteiger partial charge is 0.439 e. The van der Waals surface area contributed by atoms with Gasteiger partial charge in [0.15, 0.2) is 6.29 Å². The van der Waals surface area contributed by atoms with Crippen molar-refractivity contribution >= 4 is 11.6 Å². The Hall–Kier alpha value is -4.28. The van der Waals surface area contributed by atoms with E-state index in [-0.39, 0.29) is 24.5 Å². The summed E-state index contributed by atoms with van der Waals surface area (Å²) in [5.41, 5.74) is 1.55. The quantitative estimate of drug-likeness (QED) is 0.296. The van der Waals surface area contributed by atoms with Crippen molar-refractivity contribution in [3.63, 3.8) is 0 Å². The number of nitrogens with zero attached hydrogens (tertiary/aromatic N) is 4. The molecule has 1 saturated carbocycles. The van der Waals surface area contributed by atoms with Gasteiger partial charge in [-0.15, -0.1) is 0 Å². The normalized spacial score (nSPS) is 17.3. The first-order valence-electron chi connectivity index (χ1n) is 13.0. The summed E-state index contributed by atoms with van der Waals surface area (Å²) in [6.07, 6.45) is 1.67. The van der Waals surface area contributed by atoms with Gasteiger partial charge in [0.2, 0.25) is 11.8 Å². The molecular formula is C29H31N5O5. The number of pyridine rings is 1. The van der Waals surface area contributed by atoms with E-state index in [4.69, 9.17) is 9.47 Å². The number of anilines is 2. The molecule has 1 fully saturated rings. The van der Waals surface area contributed by atoms with Gasteiger partial charge in [0.1, 0.15) is 5.75 Å². The van der Waals surface area contributed by atoms with Crippen LogP contribution in [0.5, 0.6) is 11.6 Å². The molecule has 2 N–H and O–H groups in total. The SMILES string of the molecule is CCO[C@@H](O)C1CC(n2c(=O)nc(Nc3ccc(Oc4ccccn4)cc3)n(Cc3ccc(C)cc3)c2=O)C1. The summed E-state index contributed by atoms with van der Waals surface area (Å²) in [5, 5.41) is 13.3. The molecule has 0 spiro atoms. The first kappa shape index (κ1) is 26.3. The van der Waals surface area contributed by atoms with E-state index in [9.17, 15) is 14.7 Å². The highest BCUT2D eigenvalue weighted by Crippen LogP contribution is 2.38. The maximum Gasteiger partial charge on any atom is 0.355 e. The van der Waals surface area contributed by atoms with E-state index in [2.05, 4.69) is 15.3 Å². The lowest BCUT2D eigenvalue weighted by Gasteiger charge is -2.38. The molecule has 0 bridgehead atoms. The number of benzene rings is 2. The molecule has 1 aliphatic rings. The molecule has 39 heavy (non-hydrogen) atoms. The number of aliphatic hydroxyl groups excluding tert-OH is 1. The molecule has 0 unspecified atom stereocenters. The number of nitrogens with one attached hydrogen (secondary N) is 1. The number of aryl methyl sites for hydroxylation is 1. The fourth-order valence-corrected chi connectivity index (χ4v) is 4.58. The fourth-order valence-electron chi connectivity index (χ4n) is 4.58. The van der Waals surface area contributed by atoms with Crippen LogP contribution in [0, 0.1) is 12.8 Å². The van der Waals surface area contributed by atoms with E-state index in [1.54, 1.807) is 36.5 Å². The van der Waals surface area contributed by atoms with Crippen LogP contribution >= 0.6 is 0 Å². The van der Waals surface area contributed by atoms with Gasteiger partial charge in [-0.2, -0.15) is 4.98 Å². The van der Waals surface area contributed by atoms with Crippen molar-refractivity contribution < 1.29 is 14.6 Å². The zero-order chi connectivity index (χ0) is 27.4. The number of aliphatic hydroxyl groups is 1. The van der Waals surface area contributed by atoms with Crippen LogP contribution in [0.15, 0.2) is 82.5 Å². The number of aromatic nitrogens is 4. The Morgan fingerprint density at radius 1 is 1.05 bits per heavy atom. The molecule has 0 radical (unpaired) electrons. The van der Waals surface area contributed by atoms with Crippen LogP contribution in [0.1, 0.15) is 36.9 Å². The van der Waals surface area contributed by atoms with E-state index in [0.29, 0.717) is 36.8 Å². The Bertz CT molecular complexity index is 1510. The molecule has 0 aliphatic heterocycles. The molecule has 0 amide bonds.